The zero-order chi connectivity index (χ0) is 15.6. The van der Waals surface area contributed by atoms with Crippen molar-refractivity contribution < 1.29 is 9.18 Å². The lowest BCUT2D eigenvalue weighted by Gasteiger charge is -2.17. The lowest BCUT2D eigenvalue weighted by atomic mass is 10.00. The smallest absolute Gasteiger partial charge is 0.254 e. The van der Waals surface area contributed by atoms with Crippen LogP contribution in [0.25, 0.3) is 0 Å². The van der Waals surface area contributed by atoms with Crippen molar-refractivity contribution in [3.63, 3.8) is 0 Å². The number of carbonyl (C=O) groups is 1. The minimum absolute atomic E-state index is 0.000754. The normalized spacial score (nSPS) is 12.0. The molecule has 1 atom stereocenters. The average Bonchev–Trinajstić information content (AvgIpc) is 2.37. The van der Waals surface area contributed by atoms with E-state index in [1.165, 1.54) is 17.7 Å². The molecule has 2 aromatic rings. The third-order valence-electron chi connectivity index (χ3n) is 3.48. The minimum Gasteiger partial charge on any atom is -0.399 e. The first kappa shape index (κ1) is 15.0. The zero-order valence-electron chi connectivity index (χ0n) is 12.4. The average molecular weight is 286 g/mol. The molecule has 21 heavy (non-hydrogen) atoms. The van der Waals surface area contributed by atoms with Crippen LogP contribution in [0.3, 0.4) is 0 Å². The van der Waals surface area contributed by atoms with Gasteiger partial charge in [-0.15, -0.1) is 0 Å². The molecule has 3 N–H and O–H groups in total. The van der Waals surface area contributed by atoms with Crippen molar-refractivity contribution in [1.82, 2.24) is 5.32 Å². The second kappa shape index (κ2) is 5.95. The van der Waals surface area contributed by atoms with Gasteiger partial charge < -0.3 is 11.1 Å². The summed E-state index contributed by atoms with van der Waals surface area (Å²) in [7, 11) is 0. The second-order valence-corrected chi connectivity index (χ2v) is 5.29. The van der Waals surface area contributed by atoms with E-state index in [9.17, 15) is 9.18 Å². The van der Waals surface area contributed by atoms with E-state index in [1.807, 2.05) is 32.9 Å². The van der Waals surface area contributed by atoms with Crippen LogP contribution in [0.5, 0.6) is 0 Å². The van der Waals surface area contributed by atoms with Crippen LogP contribution in [-0.2, 0) is 0 Å². The van der Waals surface area contributed by atoms with E-state index < -0.39 is 11.7 Å². The van der Waals surface area contributed by atoms with Gasteiger partial charge in [-0.25, -0.2) is 4.39 Å². The van der Waals surface area contributed by atoms with Crippen molar-refractivity contribution in [3.8, 4) is 0 Å². The summed E-state index contributed by atoms with van der Waals surface area (Å²) in [6, 6.07) is 9.89. The highest BCUT2D eigenvalue weighted by atomic mass is 19.1. The Morgan fingerprint density at radius 2 is 1.90 bits per heavy atom. The van der Waals surface area contributed by atoms with Gasteiger partial charge in [-0.2, -0.15) is 0 Å². The van der Waals surface area contributed by atoms with E-state index in [4.69, 9.17) is 5.73 Å². The monoisotopic (exact) mass is 286 g/mol. The molecule has 0 spiro atoms. The van der Waals surface area contributed by atoms with Gasteiger partial charge >= 0.3 is 0 Å². The molecule has 0 aromatic heterocycles. The summed E-state index contributed by atoms with van der Waals surface area (Å²) in [6.45, 7) is 5.89. The Kier molecular flexibility index (Phi) is 4.26. The van der Waals surface area contributed by atoms with Crippen molar-refractivity contribution in [2.45, 2.75) is 26.8 Å². The third-order valence-corrected chi connectivity index (χ3v) is 3.48. The quantitative estimate of drug-likeness (QED) is 0.848. The number of benzene rings is 2. The highest BCUT2D eigenvalue weighted by Crippen LogP contribution is 2.20. The maximum absolute atomic E-state index is 13.7. The molecule has 0 saturated heterocycles. The maximum atomic E-state index is 13.7. The first-order valence-corrected chi connectivity index (χ1v) is 6.81. The van der Waals surface area contributed by atoms with Gasteiger partial charge in [0.15, 0.2) is 0 Å². The summed E-state index contributed by atoms with van der Waals surface area (Å²) in [5.74, 6) is -1.06. The maximum Gasteiger partial charge on any atom is 0.254 e. The van der Waals surface area contributed by atoms with Gasteiger partial charge in [0.25, 0.3) is 5.91 Å². The van der Waals surface area contributed by atoms with Crippen LogP contribution in [-0.4, -0.2) is 5.91 Å². The molecular formula is C17H19FN2O. The zero-order valence-corrected chi connectivity index (χ0v) is 12.4. The fraction of sp³-hybridized carbons (Fsp3) is 0.235. The summed E-state index contributed by atoms with van der Waals surface area (Å²) >= 11 is 0. The van der Waals surface area contributed by atoms with E-state index in [-0.39, 0.29) is 11.6 Å². The minimum atomic E-state index is -0.611. The van der Waals surface area contributed by atoms with Gasteiger partial charge in [0.2, 0.25) is 0 Å². The van der Waals surface area contributed by atoms with Gasteiger partial charge in [0, 0.05) is 5.69 Å². The molecule has 3 nitrogen and oxygen atoms in total. The Hall–Kier alpha value is -2.36. The summed E-state index contributed by atoms with van der Waals surface area (Å²) in [4.78, 5) is 12.1. The summed E-state index contributed by atoms with van der Waals surface area (Å²) in [5, 5.41) is 2.81. The summed E-state index contributed by atoms with van der Waals surface area (Å²) < 4.78 is 13.7. The summed E-state index contributed by atoms with van der Waals surface area (Å²) in [5.41, 5.74) is 9.06. The predicted molar refractivity (Wildman–Crippen MR) is 82.6 cm³/mol. The number of aryl methyl sites for hydroxylation is 2. The number of amides is 1. The van der Waals surface area contributed by atoms with Crippen molar-refractivity contribution in [2.75, 3.05) is 5.73 Å². The molecule has 4 heteroatoms. The lowest BCUT2D eigenvalue weighted by Crippen LogP contribution is -2.28. The highest BCUT2D eigenvalue weighted by molar-refractivity contribution is 5.95. The molecule has 2 rings (SSSR count). The number of hydrogen-bond acceptors (Lipinski definition) is 2. The SMILES string of the molecule is Cc1ccc(C(C)NC(=O)c2ccc(N)cc2F)c(C)c1. The molecule has 0 aliphatic carbocycles. The van der Waals surface area contributed by atoms with Crippen LogP contribution >= 0.6 is 0 Å². The van der Waals surface area contributed by atoms with Crippen LogP contribution in [0.1, 0.15) is 40.0 Å². The molecule has 0 bridgehead atoms. The van der Waals surface area contributed by atoms with Crippen LogP contribution in [0, 0.1) is 19.7 Å². The van der Waals surface area contributed by atoms with Crippen LogP contribution in [0.2, 0.25) is 0 Å². The van der Waals surface area contributed by atoms with E-state index in [0.29, 0.717) is 5.69 Å². The van der Waals surface area contributed by atoms with E-state index >= 15 is 0 Å². The van der Waals surface area contributed by atoms with Gasteiger partial charge in [-0.05, 0) is 50.1 Å². The topological polar surface area (TPSA) is 55.1 Å². The van der Waals surface area contributed by atoms with Crippen molar-refractivity contribution in [3.05, 3.63) is 64.5 Å². The standard InChI is InChI=1S/C17H19FN2O/c1-10-4-6-14(11(2)8-10)12(3)20-17(21)15-7-5-13(19)9-16(15)18/h4-9,12H,19H2,1-3H3,(H,20,21). The van der Waals surface area contributed by atoms with Crippen molar-refractivity contribution >= 4 is 11.6 Å². The Bertz CT molecular complexity index is 682. The second-order valence-electron chi connectivity index (χ2n) is 5.29. The number of nitrogens with one attached hydrogen (secondary N) is 1. The predicted octanol–water partition coefficient (Wildman–Crippen LogP) is 3.52. The number of halogens is 1. The Morgan fingerprint density at radius 3 is 2.52 bits per heavy atom. The number of nitrogens with two attached hydrogens (primary N) is 1. The number of nitrogen functional groups attached to an aromatic ring is 1. The first-order chi connectivity index (χ1) is 9.88. The molecule has 0 aliphatic rings. The fourth-order valence-corrected chi connectivity index (χ4v) is 2.38. The van der Waals surface area contributed by atoms with Crippen molar-refractivity contribution in [2.24, 2.45) is 0 Å². The van der Waals surface area contributed by atoms with Gasteiger partial charge in [0.05, 0.1) is 11.6 Å². The van der Waals surface area contributed by atoms with E-state index in [1.54, 1.807) is 0 Å². The van der Waals surface area contributed by atoms with E-state index in [0.717, 1.165) is 17.2 Å². The largest absolute Gasteiger partial charge is 0.399 e. The first-order valence-electron chi connectivity index (χ1n) is 6.81. The van der Waals surface area contributed by atoms with E-state index in [2.05, 4.69) is 11.4 Å². The molecule has 1 unspecified atom stereocenters. The van der Waals surface area contributed by atoms with Gasteiger partial charge in [-0.3, -0.25) is 4.79 Å². The van der Waals surface area contributed by atoms with Crippen LogP contribution in [0.4, 0.5) is 10.1 Å². The summed E-state index contributed by atoms with van der Waals surface area (Å²) in [6.07, 6.45) is 0. The van der Waals surface area contributed by atoms with Crippen LogP contribution < -0.4 is 11.1 Å². The molecule has 0 heterocycles. The molecule has 0 radical (unpaired) electrons. The van der Waals surface area contributed by atoms with Crippen molar-refractivity contribution in [1.29, 1.82) is 0 Å². The third kappa shape index (κ3) is 3.40. The number of rotatable bonds is 3. The van der Waals surface area contributed by atoms with Crippen LogP contribution in [0.15, 0.2) is 36.4 Å². The number of hydrogen-bond donors (Lipinski definition) is 2. The highest BCUT2D eigenvalue weighted by Gasteiger charge is 2.16. The van der Waals surface area contributed by atoms with Gasteiger partial charge in [0.1, 0.15) is 5.82 Å². The molecule has 110 valence electrons. The fourth-order valence-electron chi connectivity index (χ4n) is 2.38. The molecule has 0 saturated carbocycles. The molecule has 2 aromatic carbocycles. The Morgan fingerprint density at radius 1 is 1.19 bits per heavy atom. The molecule has 0 fully saturated rings. The number of anilines is 1. The van der Waals surface area contributed by atoms with Gasteiger partial charge in [-0.1, -0.05) is 23.8 Å². The Balaban J connectivity index is 2.18. The lowest BCUT2D eigenvalue weighted by molar-refractivity contribution is 0.0936. The molecule has 0 aliphatic heterocycles. The molecule has 1 amide bonds. The number of carbonyl (C=O) groups excluding carboxylic acids is 1. The molecular weight excluding hydrogens is 267 g/mol. The Labute approximate surface area is 124 Å².